The SMILES string of the molecule is CCCCN1CCN(Cc2c(C)nn(-c3ccc(S(=O)(=O)NCCN4CCOCC4)cc3)c2C)CCC(=O)N[C@H]([C@H](O)C(C)C)C1O. The van der Waals surface area contributed by atoms with Crippen molar-refractivity contribution in [3.63, 3.8) is 0 Å². The molecule has 2 aromatic rings. The molecule has 13 nitrogen and oxygen atoms in total. The van der Waals surface area contributed by atoms with Crippen LogP contribution < -0.4 is 10.0 Å². The van der Waals surface area contributed by atoms with E-state index in [2.05, 4.69) is 26.8 Å². The van der Waals surface area contributed by atoms with Gasteiger partial charge in [0.25, 0.3) is 0 Å². The van der Waals surface area contributed by atoms with Gasteiger partial charge in [0.1, 0.15) is 6.23 Å². The Hall–Kier alpha value is -2.43. The monoisotopic (exact) mass is 677 g/mol. The summed E-state index contributed by atoms with van der Waals surface area (Å²) in [6.07, 6.45) is 0.236. The van der Waals surface area contributed by atoms with Crippen molar-refractivity contribution in [2.45, 2.75) is 83.7 Å². The van der Waals surface area contributed by atoms with E-state index in [9.17, 15) is 23.4 Å². The van der Waals surface area contributed by atoms with Crippen LogP contribution in [-0.2, 0) is 26.1 Å². The molecule has 0 spiro atoms. The Kier molecular flexibility index (Phi) is 13.8. The number of benzene rings is 1. The molecule has 3 atom stereocenters. The van der Waals surface area contributed by atoms with E-state index in [0.717, 1.165) is 48.6 Å². The Labute approximate surface area is 280 Å². The number of aryl methyl sites for hydroxylation is 1. The van der Waals surface area contributed by atoms with E-state index in [1.165, 1.54) is 0 Å². The number of unbranched alkanes of at least 4 members (excludes halogenated alkanes) is 1. The summed E-state index contributed by atoms with van der Waals surface area (Å²) < 4.78 is 35.7. The second kappa shape index (κ2) is 17.3. The molecule has 4 N–H and O–H groups in total. The number of sulfonamides is 1. The van der Waals surface area contributed by atoms with E-state index in [0.29, 0.717) is 59.0 Å². The van der Waals surface area contributed by atoms with Gasteiger partial charge in [-0.05, 0) is 50.5 Å². The van der Waals surface area contributed by atoms with Crippen LogP contribution in [-0.4, -0.2) is 133 Å². The van der Waals surface area contributed by atoms with Gasteiger partial charge in [-0.1, -0.05) is 27.2 Å². The Morgan fingerprint density at radius 2 is 1.74 bits per heavy atom. The first-order chi connectivity index (χ1) is 22.4. The molecule has 2 aliphatic rings. The predicted octanol–water partition coefficient (Wildman–Crippen LogP) is 1.23. The van der Waals surface area contributed by atoms with Gasteiger partial charge in [-0.25, -0.2) is 17.8 Å². The van der Waals surface area contributed by atoms with Gasteiger partial charge < -0.3 is 20.3 Å². The van der Waals surface area contributed by atoms with E-state index in [4.69, 9.17) is 9.84 Å². The summed E-state index contributed by atoms with van der Waals surface area (Å²) in [4.78, 5) is 19.6. The number of aromatic nitrogens is 2. The molecule has 1 aromatic carbocycles. The maximum Gasteiger partial charge on any atom is 0.240 e. The third kappa shape index (κ3) is 10.0. The predicted molar refractivity (Wildman–Crippen MR) is 181 cm³/mol. The fourth-order valence-electron chi connectivity index (χ4n) is 6.16. The highest BCUT2D eigenvalue weighted by molar-refractivity contribution is 7.89. The maximum absolute atomic E-state index is 13.0. The lowest BCUT2D eigenvalue weighted by atomic mass is 9.97. The van der Waals surface area contributed by atoms with E-state index >= 15 is 0 Å². The Bertz CT molecular complexity index is 1390. The van der Waals surface area contributed by atoms with Crippen molar-refractivity contribution < 1.29 is 28.2 Å². The highest BCUT2D eigenvalue weighted by Gasteiger charge is 2.35. The van der Waals surface area contributed by atoms with Crippen LogP contribution in [0.4, 0.5) is 0 Å². The summed E-state index contributed by atoms with van der Waals surface area (Å²) in [5, 5.41) is 29.9. The van der Waals surface area contributed by atoms with Crippen LogP contribution in [0.5, 0.6) is 0 Å². The molecule has 264 valence electrons. The normalized spacial score (nSPS) is 22.0. The second-order valence-corrected chi connectivity index (χ2v) is 14.8. The van der Waals surface area contributed by atoms with Gasteiger partial charge in [0.2, 0.25) is 15.9 Å². The maximum atomic E-state index is 13.0. The van der Waals surface area contributed by atoms with Crippen LogP contribution in [0.2, 0.25) is 0 Å². The number of rotatable bonds is 13. The van der Waals surface area contributed by atoms with Gasteiger partial charge in [-0.15, -0.1) is 0 Å². The number of carbonyl (C=O) groups excluding carboxylic acids is 1. The molecule has 1 aromatic heterocycles. The van der Waals surface area contributed by atoms with Gasteiger partial charge in [0, 0.05) is 76.6 Å². The van der Waals surface area contributed by atoms with Crippen LogP contribution in [0.3, 0.4) is 0 Å². The third-order valence-electron chi connectivity index (χ3n) is 9.27. The lowest BCUT2D eigenvalue weighted by molar-refractivity contribution is -0.130. The van der Waals surface area contributed by atoms with Crippen molar-refractivity contribution in [2.75, 3.05) is 65.6 Å². The molecule has 0 saturated carbocycles. The number of hydrogen-bond acceptors (Lipinski definition) is 10. The molecule has 2 saturated heterocycles. The summed E-state index contributed by atoms with van der Waals surface area (Å²) in [5.41, 5.74) is 3.59. The van der Waals surface area contributed by atoms with Crippen molar-refractivity contribution in [1.29, 1.82) is 0 Å². The summed E-state index contributed by atoms with van der Waals surface area (Å²) in [5.74, 6) is -0.321. The largest absolute Gasteiger partial charge is 0.391 e. The number of hydrogen-bond donors (Lipinski definition) is 4. The molecule has 1 unspecified atom stereocenters. The number of nitrogens with one attached hydrogen (secondary N) is 2. The fourth-order valence-corrected chi connectivity index (χ4v) is 7.19. The van der Waals surface area contributed by atoms with E-state index in [-0.39, 0.29) is 23.1 Å². The van der Waals surface area contributed by atoms with Gasteiger partial charge in [-0.2, -0.15) is 5.10 Å². The van der Waals surface area contributed by atoms with Crippen LogP contribution >= 0.6 is 0 Å². The number of morpholine rings is 1. The fraction of sp³-hybridized carbons (Fsp3) is 0.697. The quantitative estimate of drug-likeness (QED) is 0.244. The lowest BCUT2D eigenvalue weighted by Crippen LogP contribution is -2.60. The molecular formula is C33H55N7O6S. The van der Waals surface area contributed by atoms with E-state index in [1.54, 1.807) is 24.3 Å². The Morgan fingerprint density at radius 3 is 2.40 bits per heavy atom. The highest BCUT2D eigenvalue weighted by Crippen LogP contribution is 2.22. The topological polar surface area (TPSA) is 152 Å². The smallest absolute Gasteiger partial charge is 0.240 e. The molecule has 0 aliphatic carbocycles. The van der Waals surface area contributed by atoms with Gasteiger partial charge in [-0.3, -0.25) is 19.5 Å². The molecule has 2 fully saturated rings. The molecule has 0 radical (unpaired) electrons. The van der Waals surface area contributed by atoms with Crippen molar-refractivity contribution in [1.82, 2.24) is 34.5 Å². The first-order valence-electron chi connectivity index (χ1n) is 17.0. The number of nitrogens with zero attached hydrogens (tertiary/aromatic N) is 5. The standard InChI is InChI=1S/C33H55N7O6S/c1-6-7-14-39-18-17-38(15-12-30(41)35-31(33(39)43)32(42)24(2)3)23-29-25(4)36-40(26(29)5)27-8-10-28(11-9-27)47(44,45)34-13-16-37-19-21-46-22-20-37/h8-11,24,31-34,42-43H,6-7,12-23H2,1-5H3,(H,35,41)/t31-,32-,33?/m1/s1. The Morgan fingerprint density at radius 1 is 1.04 bits per heavy atom. The molecule has 2 aliphatic heterocycles. The molecule has 14 heteroatoms. The molecular weight excluding hydrogens is 622 g/mol. The van der Waals surface area contributed by atoms with E-state index < -0.39 is 28.4 Å². The van der Waals surface area contributed by atoms with Gasteiger partial charge in [0.05, 0.1) is 41.6 Å². The van der Waals surface area contributed by atoms with Crippen LogP contribution in [0.1, 0.15) is 57.0 Å². The molecule has 1 amide bonds. The zero-order valence-corrected chi connectivity index (χ0v) is 29.5. The zero-order chi connectivity index (χ0) is 34.1. The third-order valence-corrected chi connectivity index (χ3v) is 10.7. The molecule has 3 heterocycles. The first kappa shape index (κ1) is 37.4. The molecule has 47 heavy (non-hydrogen) atoms. The van der Waals surface area contributed by atoms with Crippen molar-refractivity contribution in [2.24, 2.45) is 5.92 Å². The van der Waals surface area contributed by atoms with Crippen molar-refractivity contribution in [3.8, 4) is 5.69 Å². The average Bonchev–Trinajstić information content (AvgIpc) is 3.33. The number of aliphatic hydroxyl groups is 2. The Balaban J connectivity index is 1.45. The number of aliphatic hydroxyl groups excluding tert-OH is 2. The zero-order valence-electron chi connectivity index (χ0n) is 28.7. The minimum absolute atomic E-state index is 0.118. The van der Waals surface area contributed by atoms with Crippen LogP contribution in [0, 0.1) is 19.8 Å². The summed E-state index contributed by atoms with van der Waals surface area (Å²) >= 11 is 0. The number of ether oxygens (including phenoxy) is 1. The number of carbonyl (C=O) groups is 1. The molecule has 0 bridgehead atoms. The molecule has 4 rings (SSSR count). The summed E-state index contributed by atoms with van der Waals surface area (Å²) in [7, 11) is -3.65. The van der Waals surface area contributed by atoms with Gasteiger partial charge >= 0.3 is 0 Å². The second-order valence-electron chi connectivity index (χ2n) is 13.1. The van der Waals surface area contributed by atoms with E-state index in [1.807, 2.05) is 37.3 Å². The number of amides is 1. The summed E-state index contributed by atoms with van der Waals surface area (Å²) in [6, 6.07) is 5.98. The first-order valence-corrected chi connectivity index (χ1v) is 18.5. The minimum Gasteiger partial charge on any atom is -0.391 e. The van der Waals surface area contributed by atoms with Gasteiger partial charge in [0.15, 0.2) is 0 Å². The van der Waals surface area contributed by atoms with Crippen LogP contribution in [0.25, 0.3) is 5.69 Å². The van der Waals surface area contributed by atoms with Crippen LogP contribution in [0.15, 0.2) is 29.2 Å². The van der Waals surface area contributed by atoms with Crippen molar-refractivity contribution in [3.05, 3.63) is 41.2 Å². The highest BCUT2D eigenvalue weighted by atomic mass is 32.2. The summed E-state index contributed by atoms with van der Waals surface area (Å²) in [6.45, 7) is 16.7. The lowest BCUT2D eigenvalue weighted by Gasteiger charge is -2.39. The average molecular weight is 678 g/mol. The minimum atomic E-state index is -3.65. The van der Waals surface area contributed by atoms with Crippen molar-refractivity contribution >= 4 is 15.9 Å².